The van der Waals surface area contributed by atoms with Gasteiger partial charge in [-0.3, -0.25) is 14.5 Å². The molecule has 0 saturated heterocycles. The highest BCUT2D eigenvalue weighted by atomic mass is 16.5. The fourth-order valence-corrected chi connectivity index (χ4v) is 2.42. The van der Waals surface area contributed by atoms with Gasteiger partial charge in [-0.25, -0.2) is 0 Å². The van der Waals surface area contributed by atoms with Gasteiger partial charge in [-0.05, 0) is 6.07 Å². The summed E-state index contributed by atoms with van der Waals surface area (Å²) in [7, 11) is 1.56. The first-order chi connectivity index (χ1) is 10.6. The van der Waals surface area contributed by atoms with E-state index in [0.717, 1.165) is 15.8 Å². The number of aromatic nitrogens is 1. The van der Waals surface area contributed by atoms with E-state index >= 15 is 0 Å². The third-order valence-corrected chi connectivity index (χ3v) is 3.48. The van der Waals surface area contributed by atoms with E-state index in [-0.39, 0.29) is 18.8 Å². The van der Waals surface area contributed by atoms with E-state index in [4.69, 9.17) is 9.84 Å². The molecular weight excluding hydrogens is 286 g/mol. The van der Waals surface area contributed by atoms with Crippen molar-refractivity contribution in [2.75, 3.05) is 25.6 Å². The summed E-state index contributed by atoms with van der Waals surface area (Å²) in [6, 6.07) is 5.46. The SMILES string of the molecule is COc1cc(NC2=CC(=O)N(CCO)C2=O)c2cc[nH]c2c1. The summed E-state index contributed by atoms with van der Waals surface area (Å²) in [5.41, 5.74) is 1.69. The van der Waals surface area contributed by atoms with Gasteiger partial charge in [-0.2, -0.15) is 0 Å². The highest BCUT2D eigenvalue weighted by Gasteiger charge is 2.30. The molecule has 0 saturated carbocycles. The van der Waals surface area contributed by atoms with Gasteiger partial charge < -0.3 is 20.1 Å². The van der Waals surface area contributed by atoms with Crippen LogP contribution in [-0.2, 0) is 9.59 Å². The zero-order chi connectivity index (χ0) is 15.7. The van der Waals surface area contributed by atoms with Crippen molar-refractivity contribution in [3.05, 3.63) is 36.2 Å². The van der Waals surface area contributed by atoms with Crippen LogP contribution in [0.1, 0.15) is 0 Å². The predicted molar refractivity (Wildman–Crippen MR) is 80.4 cm³/mol. The fraction of sp³-hybridized carbons (Fsp3) is 0.200. The maximum absolute atomic E-state index is 12.2. The predicted octanol–water partition coefficient (Wildman–Crippen LogP) is 0.833. The van der Waals surface area contributed by atoms with Crippen molar-refractivity contribution in [2.24, 2.45) is 0 Å². The first-order valence-corrected chi connectivity index (χ1v) is 6.74. The van der Waals surface area contributed by atoms with Crippen LogP contribution in [0.25, 0.3) is 10.9 Å². The Kier molecular flexibility index (Phi) is 3.56. The second kappa shape index (κ2) is 5.53. The second-order valence-electron chi connectivity index (χ2n) is 4.82. The number of benzene rings is 1. The zero-order valence-corrected chi connectivity index (χ0v) is 11.9. The molecule has 2 heterocycles. The summed E-state index contributed by atoms with van der Waals surface area (Å²) in [5, 5.41) is 12.8. The second-order valence-corrected chi connectivity index (χ2v) is 4.82. The van der Waals surface area contributed by atoms with Crippen LogP contribution in [0.15, 0.2) is 36.2 Å². The quantitative estimate of drug-likeness (QED) is 0.711. The molecule has 0 bridgehead atoms. The van der Waals surface area contributed by atoms with Crippen molar-refractivity contribution >= 4 is 28.4 Å². The van der Waals surface area contributed by atoms with Crippen LogP contribution in [0, 0.1) is 0 Å². The van der Waals surface area contributed by atoms with Crippen LogP contribution < -0.4 is 10.1 Å². The van der Waals surface area contributed by atoms with E-state index in [0.29, 0.717) is 11.4 Å². The number of aliphatic hydroxyl groups excluding tert-OH is 1. The highest BCUT2D eigenvalue weighted by molar-refractivity contribution is 6.18. The molecule has 22 heavy (non-hydrogen) atoms. The summed E-state index contributed by atoms with van der Waals surface area (Å²) in [6.07, 6.45) is 3.01. The van der Waals surface area contributed by atoms with E-state index in [1.807, 2.05) is 12.1 Å². The molecule has 114 valence electrons. The smallest absolute Gasteiger partial charge is 0.277 e. The van der Waals surface area contributed by atoms with Gasteiger partial charge in [0.2, 0.25) is 0 Å². The molecule has 2 aromatic rings. The van der Waals surface area contributed by atoms with Crippen molar-refractivity contribution in [1.82, 2.24) is 9.88 Å². The first kappa shape index (κ1) is 14.2. The normalized spacial score (nSPS) is 14.6. The first-order valence-electron chi connectivity index (χ1n) is 6.74. The lowest BCUT2D eigenvalue weighted by molar-refractivity contribution is -0.137. The Balaban J connectivity index is 1.94. The Labute approximate surface area is 126 Å². The number of hydrogen-bond donors (Lipinski definition) is 3. The molecule has 0 spiro atoms. The van der Waals surface area contributed by atoms with E-state index in [1.165, 1.54) is 6.08 Å². The van der Waals surface area contributed by atoms with E-state index in [2.05, 4.69) is 10.3 Å². The summed E-state index contributed by atoms with van der Waals surface area (Å²) in [6.45, 7) is -0.281. The molecule has 0 aliphatic carbocycles. The molecule has 1 aliphatic heterocycles. The number of methoxy groups -OCH3 is 1. The molecule has 0 fully saturated rings. The van der Waals surface area contributed by atoms with Gasteiger partial charge in [0.1, 0.15) is 11.4 Å². The van der Waals surface area contributed by atoms with Gasteiger partial charge >= 0.3 is 0 Å². The Morgan fingerprint density at radius 3 is 2.91 bits per heavy atom. The maximum atomic E-state index is 12.2. The molecule has 2 amide bonds. The van der Waals surface area contributed by atoms with Crippen molar-refractivity contribution in [1.29, 1.82) is 0 Å². The summed E-state index contributed by atoms with van der Waals surface area (Å²) < 4.78 is 5.23. The van der Waals surface area contributed by atoms with Gasteiger partial charge in [0.05, 0.1) is 31.5 Å². The largest absolute Gasteiger partial charge is 0.497 e. The third kappa shape index (κ3) is 2.31. The van der Waals surface area contributed by atoms with E-state index in [9.17, 15) is 9.59 Å². The van der Waals surface area contributed by atoms with Crippen LogP contribution >= 0.6 is 0 Å². The number of carbonyl (C=O) groups excluding carboxylic acids is 2. The molecule has 3 N–H and O–H groups in total. The number of aromatic amines is 1. The van der Waals surface area contributed by atoms with Crippen LogP contribution in [0.5, 0.6) is 5.75 Å². The monoisotopic (exact) mass is 301 g/mol. The molecule has 7 nitrogen and oxygen atoms in total. The average Bonchev–Trinajstić information content (AvgIpc) is 3.08. The highest BCUT2D eigenvalue weighted by Crippen LogP contribution is 2.30. The molecule has 0 unspecified atom stereocenters. The number of imide groups is 1. The Bertz CT molecular complexity index is 778. The Hall–Kier alpha value is -2.80. The molecule has 0 radical (unpaired) electrons. The number of aliphatic hydroxyl groups is 1. The lowest BCUT2D eigenvalue weighted by atomic mass is 10.2. The van der Waals surface area contributed by atoms with Crippen molar-refractivity contribution < 1.29 is 19.4 Å². The standard InChI is InChI=1S/C15H15N3O4/c1-22-9-6-11-10(2-3-16-11)12(7-9)17-13-8-14(20)18(4-5-19)15(13)21/h2-3,6-8,16-17,19H,4-5H2,1H3. The molecule has 1 aromatic heterocycles. The number of fused-ring (bicyclic) bond motifs is 1. The number of anilines is 1. The molecule has 3 rings (SSSR count). The third-order valence-electron chi connectivity index (χ3n) is 3.48. The molecule has 7 heteroatoms. The number of H-pyrrole nitrogens is 1. The van der Waals surface area contributed by atoms with Crippen molar-refractivity contribution in [2.45, 2.75) is 0 Å². The summed E-state index contributed by atoms with van der Waals surface area (Å²) in [5.74, 6) is -0.262. The lowest BCUT2D eigenvalue weighted by Gasteiger charge is -2.14. The lowest BCUT2D eigenvalue weighted by Crippen LogP contribution is -2.34. The van der Waals surface area contributed by atoms with Gasteiger partial charge in [0.25, 0.3) is 11.8 Å². The number of hydrogen-bond acceptors (Lipinski definition) is 5. The number of rotatable bonds is 5. The molecular formula is C15H15N3O4. The Morgan fingerprint density at radius 2 is 2.18 bits per heavy atom. The van der Waals surface area contributed by atoms with Crippen molar-refractivity contribution in [3.63, 3.8) is 0 Å². The fourth-order valence-electron chi connectivity index (χ4n) is 2.42. The minimum absolute atomic E-state index is 0.0168. The van der Waals surface area contributed by atoms with Crippen LogP contribution in [0.2, 0.25) is 0 Å². The minimum atomic E-state index is -0.453. The number of carbonyl (C=O) groups is 2. The van der Waals surface area contributed by atoms with Crippen molar-refractivity contribution in [3.8, 4) is 5.75 Å². The number of β-amino-alcohol motifs (C(OH)–C–C–N with tert-alkyl or cyclic N) is 1. The molecule has 1 aromatic carbocycles. The van der Waals surface area contributed by atoms with Gasteiger partial charge in [-0.1, -0.05) is 0 Å². The van der Waals surface area contributed by atoms with Crippen LogP contribution in [0.3, 0.4) is 0 Å². The van der Waals surface area contributed by atoms with Gasteiger partial charge in [0.15, 0.2) is 0 Å². The summed E-state index contributed by atoms with van der Waals surface area (Å²) >= 11 is 0. The average molecular weight is 301 g/mol. The zero-order valence-electron chi connectivity index (χ0n) is 11.9. The number of amides is 2. The van der Waals surface area contributed by atoms with Crippen LogP contribution in [-0.4, -0.2) is 47.1 Å². The maximum Gasteiger partial charge on any atom is 0.277 e. The van der Waals surface area contributed by atoms with E-state index in [1.54, 1.807) is 19.4 Å². The summed E-state index contributed by atoms with van der Waals surface area (Å²) in [4.78, 5) is 28.0. The molecule has 0 atom stereocenters. The van der Waals surface area contributed by atoms with E-state index < -0.39 is 11.8 Å². The Morgan fingerprint density at radius 1 is 1.36 bits per heavy atom. The number of ether oxygens (including phenoxy) is 1. The minimum Gasteiger partial charge on any atom is -0.497 e. The number of nitrogens with zero attached hydrogens (tertiary/aromatic N) is 1. The van der Waals surface area contributed by atoms with Gasteiger partial charge in [0, 0.05) is 29.8 Å². The van der Waals surface area contributed by atoms with Crippen LogP contribution in [0.4, 0.5) is 5.69 Å². The topological polar surface area (TPSA) is 94.7 Å². The number of nitrogens with one attached hydrogen (secondary N) is 2. The molecule has 1 aliphatic rings. The van der Waals surface area contributed by atoms with Gasteiger partial charge in [-0.15, -0.1) is 0 Å².